The van der Waals surface area contributed by atoms with Gasteiger partial charge in [0.05, 0.1) is 9.21 Å². The number of hydrogen-bond donors (Lipinski definition) is 0. The highest BCUT2D eigenvalue weighted by atomic mass is 35.5. The number of piperidine rings is 1. The Morgan fingerprint density at radius 2 is 2.33 bits per heavy atom. The summed E-state index contributed by atoms with van der Waals surface area (Å²) in [5.74, 6) is 0.773. The maximum atomic E-state index is 12.5. The van der Waals surface area contributed by atoms with Crippen molar-refractivity contribution in [1.82, 2.24) is 4.90 Å². The summed E-state index contributed by atoms with van der Waals surface area (Å²) in [6.45, 7) is 5.34. The number of likely N-dealkylation sites (tertiary alicyclic amines) is 1. The second kappa shape index (κ2) is 6.07. The predicted octanol–water partition coefficient (Wildman–Crippen LogP) is 4.44. The minimum absolute atomic E-state index is 0.164. The summed E-state index contributed by atoms with van der Waals surface area (Å²) in [4.78, 5) is 15.4. The lowest BCUT2D eigenvalue weighted by Gasteiger charge is -2.40. The molecule has 2 nitrogen and oxygen atoms in total. The van der Waals surface area contributed by atoms with Crippen molar-refractivity contribution in [1.29, 1.82) is 0 Å². The third-order valence-electron chi connectivity index (χ3n) is 3.74. The fourth-order valence-corrected chi connectivity index (χ4v) is 3.81. The van der Waals surface area contributed by atoms with E-state index in [0.29, 0.717) is 16.3 Å². The number of amides is 1. The molecule has 2 atom stereocenters. The molecule has 0 bridgehead atoms. The van der Waals surface area contributed by atoms with Gasteiger partial charge in [0.15, 0.2) is 0 Å². The zero-order valence-corrected chi connectivity index (χ0v) is 12.6. The molecule has 0 aliphatic carbocycles. The molecular formula is C14H20ClNOS. The SMILES string of the molecule is CCC[C@@H]1[C@@H](C)CCCN1C(=O)c1ccc(Cl)s1. The van der Waals surface area contributed by atoms with E-state index in [4.69, 9.17) is 11.6 Å². The second-order valence-corrected chi connectivity index (χ2v) is 6.79. The highest BCUT2D eigenvalue weighted by molar-refractivity contribution is 7.17. The Bertz CT molecular complexity index is 418. The molecule has 1 aliphatic rings. The molecule has 0 N–H and O–H groups in total. The van der Waals surface area contributed by atoms with Gasteiger partial charge >= 0.3 is 0 Å². The fraction of sp³-hybridized carbons (Fsp3) is 0.643. The Kier molecular flexibility index (Phi) is 4.68. The first-order valence-electron chi connectivity index (χ1n) is 6.69. The van der Waals surface area contributed by atoms with Gasteiger partial charge in [-0.05, 0) is 37.3 Å². The highest BCUT2D eigenvalue weighted by Gasteiger charge is 2.32. The number of carbonyl (C=O) groups is 1. The van der Waals surface area contributed by atoms with Gasteiger partial charge in [-0.3, -0.25) is 4.79 Å². The second-order valence-electron chi connectivity index (χ2n) is 5.08. The van der Waals surface area contributed by atoms with Gasteiger partial charge in [-0.1, -0.05) is 31.9 Å². The van der Waals surface area contributed by atoms with Gasteiger partial charge in [0, 0.05) is 12.6 Å². The number of nitrogens with zero attached hydrogens (tertiary/aromatic N) is 1. The molecule has 1 amide bonds. The van der Waals surface area contributed by atoms with E-state index in [9.17, 15) is 4.79 Å². The average molecular weight is 286 g/mol. The lowest BCUT2D eigenvalue weighted by molar-refractivity contribution is 0.0502. The number of hydrogen-bond acceptors (Lipinski definition) is 2. The molecule has 0 radical (unpaired) electrons. The molecule has 1 aromatic heterocycles. The van der Waals surface area contributed by atoms with Crippen LogP contribution in [0.1, 0.15) is 49.2 Å². The monoisotopic (exact) mass is 285 g/mol. The molecule has 1 saturated heterocycles. The van der Waals surface area contributed by atoms with E-state index in [2.05, 4.69) is 18.7 Å². The lowest BCUT2D eigenvalue weighted by atomic mass is 9.88. The van der Waals surface area contributed by atoms with Crippen molar-refractivity contribution in [2.75, 3.05) is 6.54 Å². The minimum Gasteiger partial charge on any atom is -0.335 e. The van der Waals surface area contributed by atoms with Crippen molar-refractivity contribution in [2.45, 2.75) is 45.6 Å². The van der Waals surface area contributed by atoms with Crippen molar-refractivity contribution in [3.05, 3.63) is 21.3 Å². The lowest BCUT2D eigenvalue weighted by Crippen LogP contribution is -2.47. The highest BCUT2D eigenvalue weighted by Crippen LogP contribution is 2.30. The first kappa shape index (κ1) is 13.9. The van der Waals surface area contributed by atoms with Crippen LogP contribution in [0, 0.1) is 5.92 Å². The van der Waals surface area contributed by atoms with Gasteiger partial charge in [-0.25, -0.2) is 0 Å². The van der Waals surface area contributed by atoms with Crippen LogP contribution in [0.15, 0.2) is 12.1 Å². The van der Waals surface area contributed by atoms with Crippen LogP contribution in [0.3, 0.4) is 0 Å². The van der Waals surface area contributed by atoms with Crippen molar-refractivity contribution in [3.8, 4) is 0 Å². The largest absolute Gasteiger partial charge is 0.335 e. The topological polar surface area (TPSA) is 20.3 Å². The van der Waals surface area contributed by atoms with Crippen molar-refractivity contribution < 1.29 is 4.79 Å². The predicted molar refractivity (Wildman–Crippen MR) is 77.5 cm³/mol. The number of thiophene rings is 1. The van der Waals surface area contributed by atoms with Gasteiger partial charge in [-0.15, -0.1) is 11.3 Å². The quantitative estimate of drug-likeness (QED) is 0.804. The van der Waals surface area contributed by atoms with E-state index in [1.54, 1.807) is 0 Å². The van der Waals surface area contributed by atoms with Gasteiger partial charge < -0.3 is 4.90 Å². The number of halogens is 1. The van der Waals surface area contributed by atoms with Gasteiger partial charge in [0.1, 0.15) is 0 Å². The molecule has 0 aromatic carbocycles. The van der Waals surface area contributed by atoms with Gasteiger partial charge in [0.2, 0.25) is 0 Å². The van der Waals surface area contributed by atoms with Crippen LogP contribution < -0.4 is 0 Å². The van der Waals surface area contributed by atoms with E-state index in [1.807, 2.05) is 12.1 Å². The zero-order chi connectivity index (χ0) is 13.1. The number of carbonyl (C=O) groups excluding carboxylic acids is 1. The molecule has 100 valence electrons. The molecule has 1 fully saturated rings. The molecule has 18 heavy (non-hydrogen) atoms. The van der Waals surface area contributed by atoms with Crippen LogP contribution in [0.4, 0.5) is 0 Å². The molecule has 2 rings (SSSR count). The van der Waals surface area contributed by atoms with Crippen molar-refractivity contribution in [3.63, 3.8) is 0 Å². The summed E-state index contributed by atoms with van der Waals surface area (Å²) in [5.41, 5.74) is 0. The van der Waals surface area contributed by atoms with Gasteiger partial charge in [-0.2, -0.15) is 0 Å². The normalized spacial score (nSPS) is 24.3. The molecule has 4 heteroatoms. The van der Waals surface area contributed by atoms with Gasteiger partial charge in [0.25, 0.3) is 5.91 Å². The number of rotatable bonds is 3. The molecule has 0 spiro atoms. The van der Waals surface area contributed by atoms with Crippen LogP contribution in [0.2, 0.25) is 4.34 Å². The van der Waals surface area contributed by atoms with Crippen LogP contribution in [-0.4, -0.2) is 23.4 Å². The van der Waals surface area contributed by atoms with Crippen LogP contribution in [-0.2, 0) is 0 Å². The average Bonchev–Trinajstić information content (AvgIpc) is 2.78. The third-order valence-corrected chi connectivity index (χ3v) is 4.96. The van der Waals surface area contributed by atoms with E-state index in [0.717, 1.165) is 30.7 Å². The Labute approximate surface area is 118 Å². The third kappa shape index (κ3) is 2.89. The molecule has 1 aromatic rings. The first-order chi connectivity index (χ1) is 8.63. The summed E-state index contributed by atoms with van der Waals surface area (Å²) in [6.07, 6.45) is 4.59. The standard InChI is InChI=1S/C14H20ClNOS/c1-3-5-11-10(2)6-4-9-16(11)14(17)12-7-8-13(15)18-12/h7-8,10-11H,3-6,9H2,1-2H3/t10-,11+/m0/s1. The summed E-state index contributed by atoms with van der Waals surface area (Å²) >= 11 is 7.30. The molecule has 2 heterocycles. The fourth-order valence-electron chi connectivity index (χ4n) is 2.81. The Balaban J connectivity index is 2.16. The smallest absolute Gasteiger partial charge is 0.264 e. The Morgan fingerprint density at radius 1 is 1.56 bits per heavy atom. The van der Waals surface area contributed by atoms with Crippen molar-refractivity contribution in [2.24, 2.45) is 5.92 Å². The molecule has 0 saturated carbocycles. The maximum absolute atomic E-state index is 12.5. The maximum Gasteiger partial charge on any atom is 0.264 e. The minimum atomic E-state index is 0.164. The van der Waals surface area contributed by atoms with E-state index < -0.39 is 0 Å². The van der Waals surface area contributed by atoms with E-state index in [1.165, 1.54) is 17.8 Å². The molecule has 0 unspecified atom stereocenters. The summed E-state index contributed by atoms with van der Waals surface area (Å²) < 4.78 is 0.690. The van der Waals surface area contributed by atoms with Crippen LogP contribution >= 0.6 is 22.9 Å². The molecule has 1 aliphatic heterocycles. The molecular weight excluding hydrogens is 266 g/mol. The summed E-state index contributed by atoms with van der Waals surface area (Å²) in [5, 5.41) is 0. The van der Waals surface area contributed by atoms with E-state index >= 15 is 0 Å². The van der Waals surface area contributed by atoms with E-state index in [-0.39, 0.29) is 5.91 Å². The van der Waals surface area contributed by atoms with Crippen LogP contribution in [0.25, 0.3) is 0 Å². The van der Waals surface area contributed by atoms with Crippen LogP contribution in [0.5, 0.6) is 0 Å². The zero-order valence-electron chi connectivity index (χ0n) is 11.0. The summed E-state index contributed by atoms with van der Waals surface area (Å²) in [6, 6.07) is 4.05. The Morgan fingerprint density at radius 3 is 2.94 bits per heavy atom. The van der Waals surface area contributed by atoms with Crippen molar-refractivity contribution >= 4 is 28.8 Å². The Hall–Kier alpha value is -0.540. The first-order valence-corrected chi connectivity index (χ1v) is 7.89. The summed E-state index contributed by atoms with van der Waals surface area (Å²) in [7, 11) is 0.